The van der Waals surface area contributed by atoms with Crippen LogP contribution in [0.25, 0.3) is 0 Å². The van der Waals surface area contributed by atoms with Crippen LogP contribution in [0.4, 0.5) is 0 Å². The maximum absolute atomic E-state index is 6.11. The van der Waals surface area contributed by atoms with Gasteiger partial charge in [0.1, 0.15) is 5.75 Å². The second-order valence-corrected chi connectivity index (χ2v) is 5.58. The van der Waals surface area contributed by atoms with Gasteiger partial charge in [-0.25, -0.2) is 0 Å². The van der Waals surface area contributed by atoms with Crippen LogP contribution >= 0.6 is 0 Å². The average Bonchev–Trinajstić information content (AvgIpc) is 2.41. The van der Waals surface area contributed by atoms with Crippen molar-refractivity contribution in [1.29, 1.82) is 0 Å². The van der Waals surface area contributed by atoms with Crippen molar-refractivity contribution >= 4 is 0 Å². The first-order valence-corrected chi connectivity index (χ1v) is 7.13. The summed E-state index contributed by atoms with van der Waals surface area (Å²) in [5.74, 6) is 1.90. The first-order valence-electron chi connectivity index (χ1n) is 7.13. The Morgan fingerprint density at radius 1 is 1.22 bits per heavy atom. The molecule has 2 heteroatoms. The van der Waals surface area contributed by atoms with Gasteiger partial charge in [0.2, 0.25) is 0 Å². The Labute approximate surface area is 111 Å². The Hall–Kier alpha value is -1.02. The second kappa shape index (κ2) is 6.24. The molecule has 1 unspecified atom stereocenters. The maximum atomic E-state index is 6.11. The standard InChI is InChI=1S/C16H25NO/c1-12-7-9-15(10-8-12)18-16-6-4-5-14(11-16)13(2)17-3/h4-6,11-13,15,17H,7-10H2,1-3H3. The molecule has 0 saturated heterocycles. The zero-order valence-electron chi connectivity index (χ0n) is 11.8. The first kappa shape index (κ1) is 13.4. The molecule has 1 N–H and O–H groups in total. The van der Waals surface area contributed by atoms with E-state index < -0.39 is 0 Å². The third kappa shape index (κ3) is 3.49. The quantitative estimate of drug-likeness (QED) is 0.870. The molecule has 1 aliphatic rings. The van der Waals surface area contributed by atoms with E-state index >= 15 is 0 Å². The minimum Gasteiger partial charge on any atom is -0.490 e. The van der Waals surface area contributed by atoms with Crippen LogP contribution < -0.4 is 10.1 Å². The lowest BCUT2D eigenvalue weighted by atomic mass is 9.89. The van der Waals surface area contributed by atoms with Gasteiger partial charge < -0.3 is 10.1 Å². The van der Waals surface area contributed by atoms with Gasteiger partial charge in [-0.15, -0.1) is 0 Å². The van der Waals surface area contributed by atoms with Gasteiger partial charge in [0, 0.05) is 6.04 Å². The number of ether oxygens (including phenoxy) is 1. The lowest BCUT2D eigenvalue weighted by molar-refractivity contribution is 0.135. The van der Waals surface area contributed by atoms with E-state index in [-0.39, 0.29) is 0 Å². The van der Waals surface area contributed by atoms with E-state index in [2.05, 4.69) is 43.4 Å². The molecule has 1 aromatic rings. The molecule has 0 bridgehead atoms. The molecule has 1 saturated carbocycles. The summed E-state index contributed by atoms with van der Waals surface area (Å²) in [6, 6.07) is 8.85. The van der Waals surface area contributed by atoms with E-state index in [1.807, 2.05) is 7.05 Å². The van der Waals surface area contributed by atoms with E-state index in [9.17, 15) is 0 Å². The van der Waals surface area contributed by atoms with Gasteiger partial charge >= 0.3 is 0 Å². The molecule has 1 fully saturated rings. The molecule has 2 rings (SSSR count). The van der Waals surface area contributed by atoms with E-state index in [0.717, 1.165) is 11.7 Å². The molecule has 2 nitrogen and oxygen atoms in total. The summed E-state index contributed by atoms with van der Waals surface area (Å²) in [5, 5.41) is 3.26. The van der Waals surface area contributed by atoms with Gasteiger partial charge in [0.15, 0.2) is 0 Å². The number of hydrogen-bond acceptors (Lipinski definition) is 2. The molecular formula is C16H25NO. The number of hydrogen-bond donors (Lipinski definition) is 1. The van der Waals surface area contributed by atoms with Gasteiger partial charge in [-0.3, -0.25) is 0 Å². The largest absolute Gasteiger partial charge is 0.490 e. The van der Waals surface area contributed by atoms with Crippen molar-refractivity contribution in [3.05, 3.63) is 29.8 Å². The molecule has 1 atom stereocenters. The minimum atomic E-state index is 0.375. The number of rotatable bonds is 4. The molecule has 0 heterocycles. The predicted octanol–water partition coefficient (Wildman–Crippen LogP) is 3.92. The maximum Gasteiger partial charge on any atom is 0.120 e. The van der Waals surface area contributed by atoms with Crippen molar-refractivity contribution < 1.29 is 4.74 Å². The molecule has 1 aromatic carbocycles. The fourth-order valence-electron chi connectivity index (χ4n) is 2.56. The van der Waals surface area contributed by atoms with E-state index in [1.54, 1.807) is 0 Å². The molecule has 0 aromatic heterocycles. The minimum absolute atomic E-state index is 0.375. The molecule has 18 heavy (non-hydrogen) atoms. The monoisotopic (exact) mass is 247 g/mol. The Morgan fingerprint density at radius 3 is 2.61 bits per heavy atom. The highest BCUT2D eigenvalue weighted by Gasteiger charge is 2.19. The van der Waals surface area contributed by atoms with Crippen molar-refractivity contribution in [2.24, 2.45) is 5.92 Å². The van der Waals surface area contributed by atoms with Gasteiger partial charge in [0.05, 0.1) is 6.10 Å². The zero-order chi connectivity index (χ0) is 13.0. The van der Waals surface area contributed by atoms with Crippen LogP contribution in [0.15, 0.2) is 24.3 Å². The topological polar surface area (TPSA) is 21.3 Å². The zero-order valence-corrected chi connectivity index (χ0v) is 11.8. The van der Waals surface area contributed by atoms with E-state index in [0.29, 0.717) is 12.1 Å². The van der Waals surface area contributed by atoms with Crippen LogP contribution in [0.2, 0.25) is 0 Å². The molecule has 0 aliphatic heterocycles. The summed E-state index contributed by atoms with van der Waals surface area (Å²) >= 11 is 0. The smallest absolute Gasteiger partial charge is 0.120 e. The van der Waals surface area contributed by atoms with Crippen molar-refractivity contribution in [2.75, 3.05) is 7.05 Å². The van der Waals surface area contributed by atoms with Crippen LogP contribution in [0.3, 0.4) is 0 Å². The summed E-state index contributed by atoms with van der Waals surface area (Å²) in [4.78, 5) is 0. The number of benzene rings is 1. The van der Waals surface area contributed by atoms with Crippen LogP contribution in [-0.2, 0) is 0 Å². The molecule has 100 valence electrons. The van der Waals surface area contributed by atoms with Crippen LogP contribution in [0.1, 0.15) is 51.1 Å². The second-order valence-electron chi connectivity index (χ2n) is 5.58. The summed E-state index contributed by atoms with van der Waals surface area (Å²) < 4.78 is 6.11. The Bertz CT molecular complexity index is 369. The molecule has 0 radical (unpaired) electrons. The van der Waals surface area contributed by atoms with Crippen molar-refractivity contribution in [3.8, 4) is 5.75 Å². The highest BCUT2D eigenvalue weighted by atomic mass is 16.5. The SMILES string of the molecule is CNC(C)c1cccc(OC2CCC(C)CC2)c1. The van der Waals surface area contributed by atoms with Crippen LogP contribution in [0, 0.1) is 5.92 Å². The molecule has 0 spiro atoms. The highest BCUT2D eigenvalue weighted by Crippen LogP contribution is 2.28. The van der Waals surface area contributed by atoms with Crippen molar-refractivity contribution in [1.82, 2.24) is 5.32 Å². The predicted molar refractivity (Wildman–Crippen MR) is 76.0 cm³/mol. The fourth-order valence-corrected chi connectivity index (χ4v) is 2.56. The van der Waals surface area contributed by atoms with Gasteiger partial charge in [-0.1, -0.05) is 19.1 Å². The highest BCUT2D eigenvalue weighted by molar-refractivity contribution is 5.30. The normalized spacial score (nSPS) is 25.7. The van der Waals surface area contributed by atoms with Crippen molar-refractivity contribution in [2.45, 2.75) is 51.7 Å². The Kier molecular flexibility index (Phi) is 4.65. The summed E-state index contributed by atoms with van der Waals surface area (Å²) in [7, 11) is 1.99. The third-order valence-electron chi connectivity index (χ3n) is 4.06. The van der Waals surface area contributed by atoms with Crippen LogP contribution in [-0.4, -0.2) is 13.2 Å². The summed E-state index contributed by atoms with van der Waals surface area (Å²) in [5.41, 5.74) is 1.29. The molecular weight excluding hydrogens is 222 g/mol. The van der Waals surface area contributed by atoms with E-state index in [1.165, 1.54) is 31.2 Å². The van der Waals surface area contributed by atoms with Crippen molar-refractivity contribution in [3.63, 3.8) is 0 Å². The Morgan fingerprint density at radius 2 is 1.94 bits per heavy atom. The summed E-state index contributed by atoms with van der Waals surface area (Å²) in [6.45, 7) is 4.51. The number of nitrogens with one attached hydrogen (secondary N) is 1. The van der Waals surface area contributed by atoms with Crippen LogP contribution in [0.5, 0.6) is 5.75 Å². The van der Waals surface area contributed by atoms with Gasteiger partial charge in [-0.2, -0.15) is 0 Å². The van der Waals surface area contributed by atoms with E-state index in [4.69, 9.17) is 4.74 Å². The lowest BCUT2D eigenvalue weighted by Crippen LogP contribution is -2.23. The Balaban J connectivity index is 1.96. The average molecular weight is 247 g/mol. The van der Waals surface area contributed by atoms with Gasteiger partial charge in [-0.05, 0) is 63.3 Å². The lowest BCUT2D eigenvalue weighted by Gasteiger charge is -2.27. The fraction of sp³-hybridized carbons (Fsp3) is 0.625. The summed E-state index contributed by atoms with van der Waals surface area (Å²) in [6.07, 6.45) is 5.43. The third-order valence-corrected chi connectivity index (χ3v) is 4.06. The molecule has 1 aliphatic carbocycles. The first-order chi connectivity index (χ1) is 8.69. The molecule has 0 amide bonds. The van der Waals surface area contributed by atoms with Gasteiger partial charge in [0.25, 0.3) is 0 Å².